The Kier molecular flexibility index (Phi) is 2.73. The van der Waals surface area contributed by atoms with Gasteiger partial charge in [0.05, 0.1) is 7.11 Å². The number of ether oxygens (including phenoxy) is 1. The number of benzene rings is 1. The van der Waals surface area contributed by atoms with Gasteiger partial charge in [-0.05, 0) is 56.2 Å². The minimum absolute atomic E-state index is 0.905. The first-order valence-electron chi connectivity index (χ1n) is 5.43. The molecule has 0 spiro atoms. The molecule has 0 aliphatic heterocycles. The Hall–Kier alpha value is -1.70. The van der Waals surface area contributed by atoms with Crippen LogP contribution in [0.3, 0.4) is 0 Å². The second-order valence-corrected chi connectivity index (χ2v) is 4.11. The standard InChI is InChI=1S/C14H17NO/c1-10-7-8-15(12(10)3)14-6-5-13(16-4)9-11(14)2/h5-9H,1-4H3. The smallest absolute Gasteiger partial charge is 0.119 e. The summed E-state index contributed by atoms with van der Waals surface area (Å²) >= 11 is 0. The molecule has 84 valence electrons. The SMILES string of the molecule is COc1ccc(-n2ccc(C)c2C)c(C)c1. The second kappa shape index (κ2) is 4.05. The zero-order chi connectivity index (χ0) is 11.7. The van der Waals surface area contributed by atoms with Crippen LogP contribution >= 0.6 is 0 Å². The summed E-state index contributed by atoms with van der Waals surface area (Å²) in [5, 5.41) is 0. The molecule has 2 nitrogen and oxygen atoms in total. The van der Waals surface area contributed by atoms with E-state index < -0.39 is 0 Å². The Balaban J connectivity index is 2.52. The van der Waals surface area contributed by atoms with Crippen LogP contribution in [0.5, 0.6) is 5.75 Å². The quantitative estimate of drug-likeness (QED) is 0.748. The largest absolute Gasteiger partial charge is 0.497 e. The van der Waals surface area contributed by atoms with Crippen LogP contribution in [0, 0.1) is 20.8 Å². The van der Waals surface area contributed by atoms with Crippen molar-refractivity contribution in [2.75, 3.05) is 7.11 Å². The van der Waals surface area contributed by atoms with Gasteiger partial charge in [0, 0.05) is 17.6 Å². The van der Waals surface area contributed by atoms with E-state index >= 15 is 0 Å². The van der Waals surface area contributed by atoms with Crippen LogP contribution in [0.25, 0.3) is 5.69 Å². The third kappa shape index (κ3) is 1.71. The lowest BCUT2D eigenvalue weighted by Gasteiger charge is -2.11. The first-order chi connectivity index (χ1) is 7.63. The Bertz CT molecular complexity index is 511. The van der Waals surface area contributed by atoms with E-state index in [1.807, 2.05) is 6.07 Å². The van der Waals surface area contributed by atoms with Gasteiger partial charge < -0.3 is 9.30 Å². The van der Waals surface area contributed by atoms with Gasteiger partial charge in [-0.15, -0.1) is 0 Å². The number of aryl methyl sites for hydroxylation is 2. The summed E-state index contributed by atoms with van der Waals surface area (Å²) in [6.07, 6.45) is 2.11. The minimum Gasteiger partial charge on any atom is -0.497 e. The van der Waals surface area contributed by atoms with Crippen molar-refractivity contribution < 1.29 is 4.74 Å². The van der Waals surface area contributed by atoms with Gasteiger partial charge in [-0.1, -0.05) is 0 Å². The molecule has 0 atom stereocenters. The lowest BCUT2D eigenvalue weighted by Crippen LogP contribution is -1.98. The number of hydrogen-bond acceptors (Lipinski definition) is 1. The molecule has 0 saturated carbocycles. The van der Waals surface area contributed by atoms with E-state index in [4.69, 9.17) is 4.74 Å². The molecule has 2 rings (SSSR count). The highest BCUT2D eigenvalue weighted by atomic mass is 16.5. The molecule has 0 fully saturated rings. The van der Waals surface area contributed by atoms with Crippen molar-refractivity contribution >= 4 is 0 Å². The molecule has 1 aromatic heterocycles. The average molecular weight is 215 g/mol. The van der Waals surface area contributed by atoms with Gasteiger partial charge in [0.25, 0.3) is 0 Å². The van der Waals surface area contributed by atoms with Gasteiger partial charge in [0.15, 0.2) is 0 Å². The molecular weight excluding hydrogens is 198 g/mol. The van der Waals surface area contributed by atoms with Crippen LogP contribution in [0.4, 0.5) is 0 Å². The van der Waals surface area contributed by atoms with E-state index in [1.165, 1.54) is 22.5 Å². The zero-order valence-electron chi connectivity index (χ0n) is 10.2. The fraction of sp³-hybridized carbons (Fsp3) is 0.286. The average Bonchev–Trinajstić information content (AvgIpc) is 2.60. The summed E-state index contributed by atoms with van der Waals surface area (Å²) in [5.74, 6) is 0.905. The van der Waals surface area contributed by atoms with Crippen LogP contribution < -0.4 is 4.74 Å². The van der Waals surface area contributed by atoms with Crippen molar-refractivity contribution in [1.29, 1.82) is 0 Å². The fourth-order valence-electron chi connectivity index (χ4n) is 1.89. The fourth-order valence-corrected chi connectivity index (χ4v) is 1.89. The highest BCUT2D eigenvalue weighted by Gasteiger charge is 2.06. The molecule has 0 N–H and O–H groups in total. The number of rotatable bonds is 2. The van der Waals surface area contributed by atoms with Crippen LogP contribution in [0.15, 0.2) is 30.5 Å². The molecule has 0 unspecified atom stereocenters. The lowest BCUT2D eigenvalue weighted by molar-refractivity contribution is 0.414. The van der Waals surface area contributed by atoms with Crippen molar-refractivity contribution in [3.63, 3.8) is 0 Å². The van der Waals surface area contributed by atoms with Crippen molar-refractivity contribution in [1.82, 2.24) is 4.57 Å². The minimum atomic E-state index is 0.905. The first kappa shape index (κ1) is 10.8. The zero-order valence-corrected chi connectivity index (χ0v) is 10.2. The van der Waals surface area contributed by atoms with E-state index in [2.05, 4.69) is 49.7 Å². The predicted molar refractivity (Wildman–Crippen MR) is 66.5 cm³/mol. The topological polar surface area (TPSA) is 14.2 Å². The summed E-state index contributed by atoms with van der Waals surface area (Å²) in [6.45, 7) is 6.37. The van der Waals surface area contributed by atoms with Crippen LogP contribution in [0.2, 0.25) is 0 Å². The van der Waals surface area contributed by atoms with Gasteiger partial charge in [0.2, 0.25) is 0 Å². The highest BCUT2D eigenvalue weighted by Crippen LogP contribution is 2.23. The Morgan fingerprint density at radius 2 is 1.75 bits per heavy atom. The summed E-state index contributed by atoms with van der Waals surface area (Å²) in [7, 11) is 1.69. The molecular formula is C14H17NO. The van der Waals surface area contributed by atoms with E-state index in [0.717, 1.165) is 5.75 Å². The molecule has 0 bridgehead atoms. The number of methoxy groups -OCH3 is 1. The van der Waals surface area contributed by atoms with Crippen molar-refractivity contribution in [2.45, 2.75) is 20.8 Å². The van der Waals surface area contributed by atoms with Gasteiger partial charge in [-0.2, -0.15) is 0 Å². The van der Waals surface area contributed by atoms with Gasteiger partial charge in [-0.25, -0.2) is 0 Å². The maximum atomic E-state index is 5.21. The molecule has 0 amide bonds. The van der Waals surface area contributed by atoms with Crippen molar-refractivity contribution in [2.24, 2.45) is 0 Å². The van der Waals surface area contributed by atoms with Gasteiger partial charge in [0.1, 0.15) is 5.75 Å². The maximum absolute atomic E-state index is 5.21. The third-order valence-electron chi connectivity index (χ3n) is 3.07. The van der Waals surface area contributed by atoms with Crippen LogP contribution in [-0.2, 0) is 0 Å². The predicted octanol–water partition coefficient (Wildman–Crippen LogP) is 3.41. The first-order valence-corrected chi connectivity index (χ1v) is 5.43. The molecule has 1 heterocycles. The normalized spacial score (nSPS) is 10.5. The Morgan fingerprint density at radius 3 is 2.25 bits per heavy atom. The van der Waals surface area contributed by atoms with Gasteiger partial charge >= 0.3 is 0 Å². The maximum Gasteiger partial charge on any atom is 0.119 e. The van der Waals surface area contributed by atoms with Crippen LogP contribution in [0.1, 0.15) is 16.8 Å². The number of aromatic nitrogens is 1. The Labute approximate surface area is 96.5 Å². The summed E-state index contributed by atoms with van der Waals surface area (Å²) < 4.78 is 7.42. The van der Waals surface area contributed by atoms with Crippen molar-refractivity contribution in [3.8, 4) is 11.4 Å². The van der Waals surface area contributed by atoms with E-state index in [0.29, 0.717) is 0 Å². The van der Waals surface area contributed by atoms with Crippen molar-refractivity contribution in [3.05, 3.63) is 47.3 Å². The number of hydrogen-bond donors (Lipinski definition) is 0. The lowest BCUT2D eigenvalue weighted by atomic mass is 10.2. The van der Waals surface area contributed by atoms with Crippen LogP contribution in [-0.4, -0.2) is 11.7 Å². The monoisotopic (exact) mass is 215 g/mol. The van der Waals surface area contributed by atoms with E-state index in [-0.39, 0.29) is 0 Å². The van der Waals surface area contributed by atoms with E-state index in [9.17, 15) is 0 Å². The molecule has 0 saturated heterocycles. The highest BCUT2D eigenvalue weighted by molar-refractivity contribution is 5.47. The number of nitrogens with zero attached hydrogens (tertiary/aromatic N) is 1. The van der Waals surface area contributed by atoms with Gasteiger partial charge in [-0.3, -0.25) is 0 Å². The molecule has 16 heavy (non-hydrogen) atoms. The van der Waals surface area contributed by atoms with E-state index in [1.54, 1.807) is 7.11 Å². The third-order valence-corrected chi connectivity index (χ3v) is 3.07. The Morgan fingerprint density at radius 1 is 1.00 bits per heavy atom. The molecule has 0 radical (unpaired) electrons. The summed E-state index contributed by atoms with van der Waals surface area (Å²) in [6, 6.07) is 8.29. The molecule has 0 aliphatic rings. The second-order valence-electron chi connectivity index (χ2n) is 4.11. The molecule has 2 aromatic rings. The molecule has 0 aliphatic carbocycles. The summed E-state index contributed by atoms with van der Waals surface area (Å²) in [4.78, 5) is 0. The molecule has 1 aromatic carbocycles. The summed E-state index contributed by atoms with van der Waals surface area (Å²) in [5.41, 5.74) is 5.04. The molecule has 2 heteroatoms.